The van der Waals surface area contributed by atoms with Crippen molar-refractivity contribution in [3.63, 3.8) is 0 Å². The zero-order chi connectivity index (χ0) is 42.7. The third-order valence-electron chi connectivity index (χ3n) is 10.1. The van der Waals surface area contributed by atoms with Crippen LogP contribution in [0.2, 0.25) is 0 Å². The van der Waals surface area contributed by atoms with Crippen LogP contribution in [0, 0.1) is 0 Å². The van der Waals surface area contributed by atoms with Gasteiger partial charge in [-0.05, 0) is 81.4 Å². The number of nitrogens with zero attached hydrogens (tertiary/aromatic N) is 3. The van der Waals surface area contributed by atoms with E-state index in [0.717, 1.165) is 69.2 Å². The molecule has 0 amide bonds. The molecule has 1 aliphatic heterocycles. The first-order valence-corrected chi connectivity index (χ1v) is 20.1. The Kier molecular flexibility index (Phi) is 17.3. The minimum atomic E-state index is -0.339. The highest BCUT2D eigenvalue weighted by Crippen LogP contribution is 2.27. The van der Waals surface area contributed by atoms with Gasteiger partial charge in [0.15, 0.2) is 0 Å². The van der Waals surface area contributed by atoms with Crippen LogP contribution >= 0.6 is 0 Å². The highest BCUT2D eigenvalue weighted by Gasteiger charge is 2.15. The van der Waals surface area contributed by atoms with Crippen LogP contribution in [0.1, 0.15) is 59.7 Å². The summed E-state index contributed by atoms with van der Waals surface area (Å²) < 4.78 is 15.2. The number of carbonyl (C=O) groups is 2. The van der Waals surface area contributed by atoms with E-state index in [1.54, 1.807) is 24.3 Å². The van der Waals surface area contributed by atoms with Gasteiger partial charge in [-0.3, -0.25) is 9.80 Å². The van der Waals surface area contributed by atoms with E-state index in [0.29, 0.717) is 11.1 Å². The quantitative estimate of drug-likeness (QED) is 0.0751. The maximum absolute atomic E-state index is 11.7. The van der Waals surface area contributed by atoms with Crippen molar-refractivity contribution in [2.24, 2.45) is 0 Å². The van der Waals surface area contributed by atoms with Crippen LogP contribution in [-0.4, -0.2) is 56.7 Å². The van der Waals surface area contributed by atoms with E-state index >= 15 is 0 Å². The molecule has 0 aliphatic carbocycles. The fourth-order valence-corrected chi connectivity index (χ4v) is 7.02. The molecule has 0 N–H and O–H groups in total. The van der Waals surface area contributed by atoms with Crippen molar-refractivity contribution in [1.29, 1.82) is 0 Å². The summed E-state index contributed by atoms with van der Waals surface area (Å²) in [6.07, 6.45) is 1.02. The zero-order valence-electron chi connectivity index (χ0n) is 35.4. The fourth-order valence-electron chi connectivity index (χ4n) is 7.02. The van der Waals surface area contributed by atoms with Gasteiger partial charge in [-0.25, -0.2) is 9.59 Å². The molecule has 0 unspecified atom stereocenters. The number of carbonyl (C=O) groups excluding carboxylic acids is 2. The Labute approximate surface area is 356 Å². The number of anilines is 1. The van der Waals surface area contributed by atoms with Crippen LogP contribution in [-0.2, 0) is 55.2 Å². The molecule has 6 aromatic carbocycles. The summed E-state index contributed by atoms with van der Waals surface area (Å²) in [5, 5.41) is 0. The molecular weight excluding hydrogens is 747 g/mol. The largest absolute Gasteiger partial charge is 0.493 e. The third-order valence-corrected chi connectivity index (χ3v) is 10.1. The molecule has 0 fully saturated rings. The predicted octanol–water partition coefficient (Wildman–Crippen LogP) is 10.2. The Hall–Kier alpha value is -6.48. The number of fused-ring (bicyclic) bond motifs is 1. The topological polar surface area (TPSA) is 71.6 Å². The molecule has 8 nitrogen and oxygen atoms in total. The van der Waals surface area contributed by atoms with E-state index < -0.39 is 0 Å². The Morgan fingerprint density at radius 2 is 0.883 bits per heavy atom. The Bertz CT molecular complexity index is 2150. The van der Waals surface area contributed by atoms with Crippen molar-refractivity contribution in [3.8, 4) is 5.75 Å². The SMILES string of the molecule is C=C.CN(C)c1ccc(CN(Cc2ccccc2)Cc2ccc3c(c2)CCO3)cc1.COC(=O)c1ccc(CN(Cc2ccccc2)Cc2ccc(C(=O)OC)cc2)cc1. The van der Waals surface area contributed by atoms with E-state index in [-0.39, 0.29) is 11.9 Å². The van der Waals surface area contributed by atoms with Crippen LogP contribution in [0.4, 0.5) is 5.69 Å². The third kappa shape index (κ3) is 13.5. The molecule has 60 heavy (non-hydrogen) atoms. The number of benzene rings is 6. The maximum atomic E-state index is 11.7. The van der Waals surface area contributed by atoms with Gasteiger partial charge >= 0.3 is 11.9 Å². The van der Waals surface area contributed by atoms with Gasteiger partial charge in [0.1, 0.15) is 5.75 Å². The minimum absolute atomic E-state index is 0.339. The summed E-state index contributed by atoms with van der Waals surface area (Å²) in [4.78, 5) is 30.3. The molecule has 8 heteroatoms. The number of ether oxygens (including phenoxy) is 3. The summed E-state index contributed by atoms with van der Waals surface area (Å²) in [5.41, 5.74) is 11.1. The van der Waals surface area contributed by atoms with Gasteiger partial charge in [0.25, 0.3) is 0 Å². The van der Waals surface area contributed by atoms with Crippen LogP contribution in [0.15, 0.2) is 165 Å². The van der Waals surface area contributed by atoms with Gasteiger partial charge in [0.2, 0.25) is 0 Å². The summed E-state index contributed by atoms with van der Waals surface area (Å²) in [6, 6.07) is 51.5. The second-order valence-electron chi connectivity index (χ2n) is 14.7. The van der Waals surface area contributed by atoms with Crippen LogP contribution in [0.25, 0.3) is 0 Å². The molecule has 310 valence electrons. The van der Waals surface area contributed by atoms with Gasteiger partial charge in [-0.2, -0.15) is 0 Å². The van der Waals surface area contributed by atoms with Crippen molar-refractivity contribution in [1.82, 2.24) is 9.80 Å². The molecular formula is C52H57N3O5. The summed E-state index contributed by atoms with van der Waals surface area (Å²) in [6.45, 7) is 11.8. The molecule has 6 aromatic rings. The minimum Gasteiger partial charge on any atom is -0.493 e. The number of methoxy groups -OCH3 is 2. The first-order chi connectivity index (χ1) is 29.3. The Balaban J connectivity index is 0.000000219. The smallest absolute Gasteiger partial charge is 0.337 e. The van der Waals surface area contributed by atoms with Gasteiger partial charge in [-0.15, -0.1) is 13.2 Å². The second kappa shape index (κ2) is 23.2. The van der Waals surface area contributed by atoms with E-state index in [1.165, 1.54) is 47.7 Å². The lowest BCUT2D eigenvalue weighted by atomic mass is 10.1. The highest BCUT2D eigenvalue weighted by molar-refractivity contribution is 5.89. The normalized spacial score (nSPS) is 11.3. The highest BCUT2D eigenvalue weighted by atomic mass is 16.5. The summed E-state index contributed by atoms with van der Waals surface area (Å²) in [5.74, 6) is 0.374. The molecule has 0 radical (unpaired) electrons. The van der Waals surface area contributed by atoms with Gasteiger partial charge < -0.3 is 19.1 Å². The van der Waals surface area contributed by atoms with E-state index in [2.05, 4.69) is 127 Å². The lowest BCUT2D eigenvalue weighted by molar-refractivity contribution is 0.0592. The fraction of sp³-hybridized carbons (Fsp3) is 0.231. The zero-order valence-corrected chi connectivity index (χ0v) is 35.4. The Morgan fingerprint density at radius 1 is 0.517 bits per heavy atom. The maximum Gasteiger partial charge on any atom is 0.337 e. The summed E-state index contributed by atoms with van der Waals surface area (Å²) >= 11 is 0. The first kappa shape index (κ1) is 44.6. The van der Waals surface area contributed by atoms with E-state index in [4.69, 9.17) is 14.2 Å². The molecule has 0 spiro atoms. The lowest BCUT2D eigenvalue weighted by Gasteiger charge is -2.23. The predicted molar refractivity (Wildman–Crippen MR) is 242 cm³/mol. The van der Waals surface area contributed by atoms with Crippen LogP contribution < -0.4 is 9.64 Å². The van der Waals surface area contributed by atoms with E-state index in [1.807, 2.05) is 42.5 Å². The molecule has 1 heterocycles. The molecule has 0 aromatic heterocycles. The van der Waals surface area contributed by atoms with Crippen molar-refractivity contribution >= 4 is 17.6 Å². The van der Waals surface area contributed by atoms with Crippen molar-refractivity contribution < 1.29 is 23.8 Å². The number of hydrogen-bond acceptors (Lipinski definition) is 8. The van der Waals surface area contributed by atoms with Crippen molar-refractivity contribution in [2.45, 2.75) is 45.7 Å². The first-order valence-electron chi connectivity index (χ1n) is 20.1. The number of rotatable bonds is 15. The molecule has 0 bridgehead atoms. The van der Waals surface area contributed by atoms with E-state index in [9.17, 15) is 9.59 Å². The number of hydrogen-bond donors (Lipinski definition) is 0. The number of esters is 2. The van der Waals surface area contributed by atoms with Crippen LogP contribution in [0.3, 0.4) is 0 Å². The lowest BCUT2D eigenvalue weighted by Crippen LogP contribution is -2.22. The molecule has 1 aliphatic rings. The van der Waals surface area contributed by atoms with Crippen molar-refractivity contribution in [2.75, 3.05) is 39.8 Å². The van der Waals surface area contributed by atoms with Gasteiger partial charge in [0.05, 0.1) is 32.0 Å². The standard InChI is InChI=1S/C25H28N2O.C25H25NO4.C2H4/c1-26(2)24-11-8-21(9-12-24)18-27(17-20-6-4-3-5-7-20)19-22-10-13-25-23(16-22)14-15-28-25;1-29-24(27)22-12-8-20(9-13-22)17-26(16-19-6-4-3-5-7-19)18-21-10-14-23(15-11-21)25(28)30-2;1-2/h3-13,16H,14-15,17-19H2,1-2H3;3-15H,16-18H2,1-2H3;1-2H2. The average molecular weight is 804 g/mol. The van der Waals surface area contributed by atoms with Crippen LogP contribution in [0.5, 0.6) is 5.75 Å². The molecule has 0 saturated carbocycles. The molecule has 7 rings (SSSR count). The van der Waals surface area contributed by atoms with Gasteiger partial charge in [0, 0.05) is 65.5 Å². The average Bonchev–Trinajstić information content (AvgIpc) is 3.76. The Morgan fingerprint density at radius 3 is 1.28 bits per heavy atom. The van der Waals surface area contributed by atoms with Crippen molar-refractivity contribution in [3.05, 3.63) is 215 Å². The molecule has 0 saturated heterocycles. The summed E-state index contributed by atoms with van der Waals surface area (Å²) in [7, 11) is 6.91. The molecule has 0 atom stereocenters. The van der Waals surface area contributed by atoms with Gasteiger partial charge in [-0.1, -0.05) is 109 Å². The monoisotopic (exact) mass is 803 g/mol. The second-order valence-corrected chi connectivity index (χ2v) is 14.7.